The van der Waals surface area contributed by atoms with E-state index in [4.69, 9.17) is 4.52 Å². The predicted octanol–water partition coefficient (Wildman–Crippen LogP) is 2.52. The van der Waals surface area contributed by atoms with Gasteiger partial charge in [-0.15, -0.1) is 0 Å². The summed E-state index contributed by atoms with van der Waals surface area (Å²) >= 11 is 0. The molecule has 7 heteroatoms. The standard InChI is InChI=1S/C18H20N2O4S/c1-25(22,23)15-9-13-7-8-14(10-15)20(13)18(21)16-11-17(24-19-16)12-5-3-2-4-6-12/h2-6,11,13-15H,7-10H2,1H3. The van der Waals surface area contributed by atoms with Crippen LogP contribution in [0.5, 0.6) is 0 Å². The summed E-state index contributed by atoms with van der Waals surface area (Å²) in [6.45, 7) is 0. The Labute approximate surface area is 146 Å². The average Bonchev–Trinajstić information content (AvgIpc) is 3.17. The predicted molar refractivity (Wildman–Crippen MR) is 92.8 cm³/mol. The number of hydrogen-bond donors (Lipinski definition) is 0. The first-order valence-corrected chi connectivity index (χ1v) is 10.4. The molecule has 132 valence electrons. The van der Waals surface area contributed by atoms with Gasteiger partial charge in [-0.3, -0.25) is 4.79 Å². The van der Waals surface area contributed by atoms with E-state index in [1.807, 2.05) is 35.2 Å². The van der Waals surface area contributed by atoms with E-state index in [2.05, 4.69) is 5.16 Å². The van der Waals surface area contributed by atoms with Crippen molar-refractivity contribution in [1.29, 1.82) is 0 Å². The largest absolute Gasteiger partial charge is 0.355 e. The van der Waals surface area contributed by atoms with E-state index in [9.17, 15) is 13.2 Å². The number of nitrogens with zero attached hydrogens (tertiary/aromatic N) is 2. The normalized spacial score (nSPS) is 26.0. The summed E-state index contributed by atoms with van der Waals surface area (Å²) < 4.78 is 29.1. The fourth-order valence-electron chi connectivity index (χ4n) is 4.06. The van der Waals surface area contributed by atoms with Crippen LogP contribution in [-0.4, -0.2) is 48.0 Å². The maximum Gasteiger partial charge on any atom is 0.276 e. The van der Waals surface area contributed by atoms with Crippen molar-refractivity contribution >= 4 is 15.7 Å². The SMILES string of the molecule is CS(=O)(=O)C1CC2CCC(C1)N2C(=O)c1cc(-c2ccccc2)on1. The molecule has 2 aliphatic heterocycles. The minimum Gasteiger partial charge on any atom is -0.355 e. The lowest BCUT2D eigenvalue weighted by Gasteiger charge is -2.37. The molecule has 1 aromatic heterocycles. The van der Waals surface area contributed by atoms with Gasteiger partial charge < -0.3 is 9.42 Å². The molecule has 0 aliphatic carbocycles. The second-order valence-electron chi connectivity index (χ2n) is 6.96. The Morgan fingerprint density at radius 1 is 1.16 bits per heavy atom. The van der Waals surface area contributed by atoms with E-state index in [1.54, 1.807) is 6.07 Å². The van der Waals surface area contributed by atoms with Gasteiger partial charge in [0.25, 0.3) is 5.91 Å². The third kappa shape index (κ3) is 2.97. The molecule has 3 heterocycles. The van der Waals surface area contributed by atoms with Crippen LogP contribution in [0.2, 0.25) is 0 Å². The second kappa shape index (κ2) is 5.98. The summed E-state index contributed by atoms with van der Waals surface area (Å²) in [5.74, 6) is 0.396. The lowest BCUT2D eigenvalue weighted by Crippen LogP contribution is -2.49. The Kier molecular flexibility index (Phi) is 3.91. The fraction of sp³-hybridized carbons (Fsp3) is 0.444. The van der Waals surface area contributed by atoms with Crippen LogP contribution in [0.15, 0.2) is 40.9 Å². The average molecular weight is 360 g/mol. The van der Waals surface area contributed by atoms with Crippen molar-refractivity contribution in [3.05, 3.63) is 42.1 Å². The third-order valence-electron chi connectivity index (χ3n) is 5.32. The monoisotopic (exact) mass is 360 g/mol. The van der Waals surface area contributed by atoms with Crippen LogP contribution in [0.25, 0.3) is 11.3 Å². The van der Waals surface area contributed by atoms with Crippen molar-refractivity contribution in [3.63, 3.8) is 0 Å². The summed E-state index contributed by atoms with van der Waals surface area (Å²) in [5, 5.41) is 3.61. The zero-order valence-corrected chi connectivity index (χ0v) is 14.8. The van der Waals surface area contributed by atoms with Crippen LogP contribution < -0.4 is 0 Å². The number of hydrogen-bond acceptors (Lipinski definition) is 5. The maximum atomic E-state index is 12.9. The second-order valence-corrected chi connectivity index (χ2v) is 9.29. The summed E-state index contributed by atoms with van der Waals surface area (Å²) in [5.41, 5.74) is 1.15. The van der Waals surface area contributed by atoms with Crippen molar-refractivity contribution < 1.29 is 17.7 Å². The highest BCUT2D eigenvalue weighted by atomic mass is 32.2. The number of carbonyl (C=O) groups excluding carboxylic acids is 1. The highest BCUT2D eigenvalue weighted by molar-refractivity contribution is 7.91. The number of piperidine rings is 1. The van der Waals surface area contributed by atoms with Crippen LogP contribution in [-0.2, 0) is 9.84 Å². The molecule has 2 saturated heterocycles. The van der Waals surface area contributed by atoms with Gasteiger partial charge in [0, 0.05) is 30.0 Å². The molecule has 0 radical (unpaired) electrons. The number of fused-ring (bicyclic) bond motifs is 2. The van der Waals surface area contributed by atoms with E-state index in [0.717, 1.165) is 18.4 Å². The first kappa shape index (κ1) is 16.3. The Morgan fingerprint density at radius 3 is 2.40 bits per heavy atom. The minimum absolute atomic E-state index is 0.0251. The van der Waals surface area contributed by atoms with E-state index < -0.39 is 9.84 Å². The van der Waals surface area contributed by atoms with Crippen molar-refractivity contribution in [2.45, 2.75) is 43.0 Å². The van der Waals surface area contributed by atoms with Crippen molar-refractivity contribution in [3.8, 4) is 11.3 Å². The molecule has 1 aromatic carbocycles. The van der Waals surface area contributed by atoms with Crippen molar-refractivity contribution in [2.24, 2.45) is 0 Å². The highest BCUT2D eigenvalue weighted by Gasteiger charge is 2.46. The van der Waals surface area contributed by atoms with Gasteiger partial charge in [-0.2, -0.15) is 0 Å². The van der Waals surface area contributed by atoms with Crippen LogP contribution in [0, 0.1) is 0 Å². The van der Waals surface area contributed by atoms with Gasteiger partial charge in [0.2, 0.25) is 0 Å². The van der Waals surface area contributed by atoms with Crippen LogP contribution in [0.4, 0.5) is 0 Å². The Morgan fingerprint density at radius 2 is 1.80 bits per heavy atom. The molecule has 6 nitrogen and oxygen atoms in total. The molecule has 1 amide bonds. The summed E-state index contributed by atoms with van der Waals surface area (Å²) in [7, 11) is -3.07. The first-order chi connectivity index (χ1) is 11.9. The minimum atomic E-state index is -3.07. The quantitative estimate of drug-likeness (QED) is 0.840. The van der Waals surface area contributed by atoms with Gasteiger partial charge in [-0.1, -0.05) is 35.5 Å². The zero-order valence-electron chi connectivity index (χ0n) is 14.0. The highest BCUT2D eigenvalue weighted by Crippen LogP contribution is 2.39. The fourth-order valence-corrected chi connectivity index (χ4v) is 5.20. The molecule has 2 atom stereocenters. The van der Waals surface area contributed by atoms with E-state index >= 15 is 0 Å². The molecule has 2 aromatic rings. The van der Waals surface area contributed by atoms with E-state index in [1.165, 1.54) is 6.26 Å². The number of amides is 1. The molecule has 0 saturated carbocycles. The summed E-state index contributed by atoms with van der Waals surface area (Å²) in [6.07, 6.45) is 4.03. The Balaban J connectivity index is 1.56. The number of sulfone groups is 1. The zero-order chi connectivity index (χ0) is 17.6. The van der Waals surface area contributed by atoms with Crippen LogP contribution >= 0.6 is 0 Å². The molecule has 2 bridgehead atoms. The molecule has 0 spiro atoms. The van der Waals surface area contributed by atoms with Crippen LogP contribution in [0.3, 0.4) is 0 Å². The molecular weight excluding hydrogens is 340 g/mol. The van der Waals surface area contributed by atoms with Crippen LogP contribution in [0.1, 0.15) is 36.2 Å². The maximum absolute atomic E-state index is 12.9. The van der Waals surface area contributed by atoms with Crippen molar-refractivity contribution in [2.75, 3.05) is 6.26 Å². The smallest absolute Gasteiger partial charge is 0.276 e. The lowest BCUT2D eigenvalue weighted by atomic mass is 10.0. The Hall–Kier alpha value is -2.15. The third-order valence-corrected chi connectivity index (χ3v) is 6.91. The summed E-state index contributed by atoms with van der Waals surface area (Å²) in [4.78, 5) is 14.7. The van der Waals surface area contributed by atoms with Gasteiger partial charge in [0.15, 0.2) is 11.5 Å². The van der Waals surface area contributed by atoms with Gasteiger partial charge in [-0.05, 0) is 25.7 Å². The number of aromatic nitrogens is 1. The molecule has 2 aliphatic rings. The molecule has 0 N–H and O–H groups in total. The summed E-state index contributed by atoms with van der Waals surface area (Å²) in [6, 6.07) is 11.1. The Bertz CT molecular complexity index is 877. The number of carbonyl (C=O) groups is 1. The van der Waals surface area contributed by atoms with Gasteiger partial charge >= 0.3 is 0 Å². The van der Waals surface area contributed by atoms with Gasteiger partial charge in [0.05, 0.1) is 5.25 Å². The van der Waals surface area contributed by atoms with E-state index in [0.29, 0.717) is 18.6 Å². The number of rotatable bonds is 3. The lowest BCUT2D eigenvalue weighted by molar-refractivity contribution is 0.0588. The molecule has 2 fully saturated rings. The molecule has 2 unspecified atom stereocenters. The topological polar surface area (TPSA) is 80.5 Å². The van der Waals surface area contributed by atoms with Crippen molar-refractivity contribution in [1.82, 2.24) is 10.1 Å². The van der Waals surface area contributed by atoms with Gasteiger partial charge in [0.1, 0.15) is 9.84 Å². The van der Waals surface area contributed by atoms with E-state index in [-0.39, 0.29) is 28.9 Å². The molecular formula is C18H20N2O4S. The first-order valence-electron chi connectivity index (χ1n) is 8.47. The molecule has 4 rings (SSSR count). The molecule has 25 heavy (non-hydrogen) atoms. The number of benzene rings is 1. The van der Waals surface area contributed by atoms with Gasteiger partial charge in [-0.25, -0.2) is 8.42 Å².